The van der Waals surface area contributed by atoms with E-state index in [0.29, 0.717) is 22.5 Å². The molecule has 1 aliphatic heterocycles. The van der Waals surface area contributed by atoms with Crippen LogP contribution in [0.4, 0.5) is 15.8 Å². The quantitative estimate of drug-likeness (QED) is 0.542. The van der Waals surface area contributed by atoms with E-state index in [9.17, 15) is 14.0 Å². The Bertz CT molecular complexity index is 1110. The molecule has 1 saturated heterocycles. The first-order valence-corrected chi connectivity index (χ1v) is 9.70. The van der Waals surface area contributed by atoms with E-state index in [1.54, 1.807) is 50.8 Å². The molecule has 0 N–H and O–H groups in total. The lowest BCUT2D eigenvalue weighted by Crippen LogP contribution is -2.44. The standard InChI is InChI=1S/C22H20FN3O3S/c1-5-29-19(27)17-9-8-16(11-18(17)23)26-21(30)25(20(28)22(26,3)4)15-7-6-14(12-24)13(2)10-15/h6-11H,5H2,1-4H3. The smallest absolute Gasteiger partial charge is 0.341 e. The second-order valence-corrected chi connectivity index (χ2v) is 7.68. The van der Waals surface area contributed by atoms with E-state index in [1.165, 1.54) is 23.1 Å². The minimum Gasteiger partial charge on any atom is -0.462 e. The second kappa shape index (κ2) is 7.84. The van der Waals surface area contributed by atoms with Gasteiger partial charge in [-0.1, -0.05) is 0 Å². The van der Waals surface area contributed by atoms with Crippen molar-refractivity contribution < 1.29 is 18.7 Å². The van der Waals surface area contributed by atoms with Crippen molar-refractivity contribution in [2.75, 3.05) is 16.4 Å². The fourth-order valence-electron chi connectivity index (χ4n) is 3.39. The van der Waals surface area contributed by atoms with E-state index in [0.717, 1.165) is 0 Å². The third-order valence-electron chi connectivity index (χ3n) is 4.96. The predicted octanol–water partition coefficient (Wildman–Crippen LogP) is 4.10. The van der Waals surface area contributed by atoms with Gasteiger partial charge in [-0.05, 0) is 81.9 Å². The van der Waals surface area contributed by atoms with Crippen LogP contribution in [0.2, 0.25) is 0 Å². The fraction of sp³-hybridized carbons (Fsp3) is 0.273. The van der Waals surface area contributed by atoms with Gasteiger partial charge in [-0.25, -0.2) is 9.18 Å². The highest BCUT2D eigenvalue weighted by atomic mass is 32.1. The van der Waals surface area contributed by atoms with Gasteiger partial charge in [0.1, 0.15) is 11.4 Å². The van der Waals surface area contributed by atoms with Crippen molar-refractivity contribution in [2.45, 2.75) is 33.2 Å². The van der Waals surface area contributed by atoms with E-state index in [2.05, 4.69) is 6.07 Å². The summed E-state index contributed by atoms with van der Waals surface area (Å²) >= 11 is 5.58. The molecule has 6 nitrogen and oxygen atoms in total. The number of aryl methyl sites for hydroxylation is 1. The first-order valence-electron chi connectivity index (χ1n) is 9.29. The fourth-order valence-corrected chi connectivity index (χ4v) is 3.91. The molecular formula is C22H20FN3O3S. The zero-order chi connectivity index (χ0) is 22.2. The third kappa shape index (κ3) is 3.42. The number of nitrogens with zero attached hydrogens (tertiary/aromatic N) is 3. The summed E-state index contributed by atoms with van der Waals surface area (Å²) < 4.78 is 19.5. The van der Waals surface area contributed by atoms with E-state index >= 15 is 0 Å². The maximum absolute atomic E-state index is 14.6. The van der Waals surface area contributed by atoms with Gasteiger partial charge in [-0.15, -0.1) is 0 Å². The number of hydrogen-bond donors (Lipinski definition) is 0. The van der Waals surface area contributed by atoms with Crippen molar-refractivity contribution in [1.29, 1.82) is 5.26 Å². The largest absolute Gasteiger partial charge is 0.462 e. The summed E-state index contributed by atoms with van der Waals surface area (Å²) in [5.74, 6) is -1.80. The molecule has 0 bridgehead atoms. The number of ether oxygens (including phenoxy) is 1. The Hall–Kier alpha value is -3.31. The van der Waals surface area contributed by atoms with Crippen LogP contribution in [-0.4, -0.2) is 29.1 Å². The van der Waals surface area contributed by atoms with Gasteiger partial charge < -0.3 is 9.64 Å². The average Bonchev–Trinajstić information content (AvgIpc) is 2.86. The maximum Gasteiger partial charge on any atom is 0.341 e. The Morgan fingerprint density at radius 2 is 1.90 bits per heavy atom. The molecule has 1 amide bonds. The average molecular weight is 425 g/mol. The molecule has 0 radical (unpaired) electrons. The number of esters is 1. The molecular weight excluding hydrogens is 405 g/mol. The molecule has 1 fully saturated rings. The minimum absolute atomic E-state index is 0.136. The molecule has 0 atom stereocenters. The lowest BCUT2D eigenvalue weighted by Gasteiger charge is -2.29. The van der Waals surface area contributed by atoms with Crippen molar-refractivity contribution in [3.63, 3.8) is 0 Å². The SMILES string of the molecule is CCOC(=O)c1ccc(N2C(=S)N(c3ccc(C#N)c(C)c3)C(=O)C2(C)C)cc1F. The van der Waals surface area contributed by atoms with Crippen molar-refractivity contribution in [1.82, 2.24) is 0 Å². The van der Waals surface area contributed by atoms with Gasteiger partial charge >= 0.3 is 5.97 Å². The van der Waals surface area contributed by atoms with Crippen molar-refractivity contribution in [3.05, 3.63) is 58.9 Å². The predicted molar refractivity (Wildman–Crippen MR) is 115 cm³/mol. The molecule has 2 aromatic rings. The molecule has 30 heavy (non-hydrogen) atoms. The Morgan fingerprint density at radius 1 is 1.23 bits per heavy atom. The molecule has 1 heterocycles. The summed E-state index contributed by atoms with van der Waals surface area (Å²) in [4.78, 5) is 28.0. The molecule has 0 aromatic heterocycles. The van der Waals surface area contributed by atoms with Crippen LogP contribution in [0.25, 0.3) is 0 Å². The van der Waals surface area contributed by atoms with Crippen LogP contribution in [0, 0.1) is 24.1 Å². The molecule has 0 unspecified atom stereocenters. The number of carbonyl (C=O) groups is 2. The normalized spacial score (nSPS) is 15.3. The van der Waals surface area contributed by atoms with Crippen LogP contribution in [0.15, 0.2) is 36.4 Å². The van der Waals surface area contributed by atoms with Crippen molar-refractivity contribution in [2.24, 2.45) is 0 Å². The summed E-state index contributed by atoms with van der Waals surface area (Å²) in [6.45, 7) is 6.93. The number of amides is 1. The van der Waals surface area contributed by atoms with Crippen LogP contribution in [0.5, 0.6) is 0 Å². The Morgan fingerprint density at radius 3 is 2.47 bits per heavy atom. The molecule has 2 aromatic carbocycles. The van der Waals surface area contributed by atoms with Crippen molar-refractivity contribution >= 4 is 40.6 Å². The molecule has 3 rings (SSSR count). The highest BCUT2D eigenvalue weighted by Gasteiger charge is 2.50. The topological polar surface area (TPSA) is 73.6 Å². The Balaban J connectivity index is 2.03. The van der Waals surface area contributed by atoms with Gasteiger partial charge in [-0.3, -0.25) is 9.69 Å². The second-order valence-electron chi connectivity index (χ2n) is 7.31. The van der Waals surface area contributed by atoms with Crippen LogP contribution < -0.4 is 9.80 Å². The van der Waals surface area contributed by atoms with Crippen molar-refractivity contribution in [3.8, 4) is 6.07 Å². The number of carbonyl (C=O) groups excluding carboxylic acids is 2. The molecule has 8 heteroatoms. The van der Waals surface area contributed by atoms with E-state index < -0.39 is 17.3 Å². The summed E-state index contributed by atoms with van der Waals surface area (Å²) in [7, 11) is 0. The lowest BCUT2D eigenvalue weighted by atomic mass is 10.0. The van der Waals surface area contributed by atoms with Gasteiger partial charge in [0, 0.05) is 5.69 Å². The summed E-state index contributed by atoms with van der Waals surface area (Å²) in [6.07, 6.45) is 0. The van der Waals surface area contributed by atoms with Crippen LogP contribution in [0.3, 0.4) is 0 Å². The highest BCUT2D eigenvalue weighted by Crippen LogP contribution is 2.37. The van der Waals surface area contributed by atoms with Crippen LogP contribution in [-0.2, 0) is 9.53 Å². The van der Waals surface area contributed by atoms with E-state index in [1.807, 2.05) is 0 Å². The molecule has 0 saturated carbocycles. The zero-order valence-electron chi connectivity index (χ0n) is 17.0. The number of rotatable bonds is 4. The first kappa shape index (κ1) is 21.4. The molecule has 1 aliphatic rings. The summed E-state index contributed by atoms with van der Waals surface area (Å²) in [5, 5.41) is 9.32. The summed E-state index contributed by atoms with van der Waals surface area (Å²) in [6, 6.07) is 11.1. The lowest BCUT2D eigenvalue weighted by molar-refractivity contribution is -0.120. The number of hydrogen-bond acceptors (Lipinski definition) is 5. The zero-order valence-corrected chi connectivity index (χ0v) is 17.8. The molecule has 0 aliphatic carbocycles. The summed E-state index contributed by atoms with van der Waals surface area (Å²) in [5.41, 5.74) is 0.819. The number of thiocarbonyl (C=S) groups is 1. The number of halogens is 1. The molecule has 0 spiro atoms. The molecule has 154 valence electrons. The Labute approximate surface area is 179 Å². The third-order valence-corrected chi connectivity index (χ3v) is 5.33. The number of nitriles is 1. The van der Waals surface area contributed by atoms with E-state index in [4.69, 9.17) is 22.2 Å². The van der Waals surface area contributed by atoms with Gasteiger partial charge in [0.2, 0.25) is 0 Å². The monoisotopic (exact) mass is 425 g/mol. The van der Waals surface area contributed by atoms with Gasteiger partial charge in [0.25, 0.3) is 5.91 Å². The number of anilines is 2. The van der Waals surface area contributed by atoms with E-state index in [-0.39, 0.29) is 23.2 Å². The first-order chi connectivity index (χ1) is 14.1. The van der Waals surface area contributed by atoms with Gasteiger partial charge in [0.05, 0.1) is 29.5 Å². The highest BCUT2D eigenvalue weighted by molar-refractivity contribution is 7.81. The van der Waals surface area contributed by atoms with Crippen LogP contribution in [0.1, 0.15) is 42.3 Å². The minimum atomic E-state index is -1.09. The van der Waals surface area contributed by atoms with Crippen LogP contribution >= 0.6 is 12.2 Å². The van der Waals surface area contributed by atoms with Gasteiger partial charge in [-0.2, -0.15) is 5.26 Å². The maximum atomic E-state index is 14.6. The number of benzene rings is 2. The Kier molecular flexibility index (Phi) is 5.59. The van der Waals surface area contributed by atoms with Gasteiger partial charge in [0.15, 0.2) is 5.11 Å².